The molecule has 7 heteroatoms. The molecule has 1 amide bonds. The summed E-state index contributed by atoms with van der Waals surface area (Å²) in [6.07, 6.45) is -0.461. The zero-order valence-corrected chi connectivity index (χ0v) is 12.9. The Bertz CT molecular complexity index is 564. The quantitative estimate of drug-likeness (QED) is 0.921. The fourth-order valence-electron chi connectivity index (χ4n) is 2.44. The molecule has 1 heterocycles. The van der Waals surface area contributed by atoms with Crippen molar-refractivity contribution < 1.29 is 19.4 Å². The van der Waals surface area contributed by atoms with E-state index < -0.39 is 18.1 Å². The van der Waals surface area contributed by atoms with Crippen LogP contribution in [0.2, 0.25) is 10.0 Å². The van der Waals surface area contributed by atoms with E-state index in [0.717, 1.165) is 0 Å². The third-order valence-corrected chi connectivity index (χ3v) is 3.89. The van der Waals surface area contributed by atoms with Gasteiger partial charge in [-0.05, 0) is 30.2 Å². The number of nitrogens with zero attached hydrogens (tertiary/aromatic N) is 1. The van der Waals surface area contributed by atoms with Gasteiger partial charge in [-0.1, -0.05) is 30.1 Å². The highest BCUT2D eigenvalue weighted by Crippen LogP contribution is 2.36. The van der Waals surface area contributed by atoms with E-state index in [2.05, 4.69) is 0 Å². The number of morpholine rings is 1. The molecule has 0 bridgehead atoms. The highest BCUT2D eigenvalue weighted by molar-refractivity contribution is 6.33. The molecule has 2 rings (SSSR count). The first-order chi connectivity index (χ1) is 9.95. The predicted molar refractivity (Wildman–Crippen MR) is 78.6 cm³/mol. The number of carbonyl (C=O) groups excluding carboxylic acids is 1. The number of amides is 1. The fraction of sp³-hybridized carbons (Fsp3) is 0.429. The smallest absolute Gasteiger partial charge is 0.335 e. The third kappa shape index (κ3) is 3.31. The molecule has 5 nitrogen and oxygen atoms in total. The Morgan fingerprint density at radius 2 is 2.19 bits per heavy atom. The van der Waals surface area contributed by atoms with Crippen LogP contribution in [0.15, 0.2) is 18.2 Å². The molecule has 1 aromatic rings. The number of ether oxygens (including phenoxy) is 1. The molecular weight excluding hydrogens is 317 g/mol. The summed E-state index contributed by atoms with van der Waals surface area (Å²) in [4.78, 5) is 25.0. The summed E-state index contributed by atoms with van der Waals surface area (Å²) in [5.41, 5.74) is 0.484. The molecule has 0 aliphatic carbocycles. The van der Waals surface area contributed by atoms with Crippen molar-refractivity contribution in [2.45, 2.75) is 25.5 Å². The number of carboxylic acid groups (broad SMARTS) is 1. The van der Waals surface area contributed by atoms with Gasteiger partial charge in [-0.3, -0.25) is 4.79 Å². The number of hydrogen-bond donors (Lipinski definition) is 1. The van der Waals surface area contributed by atoms with E-state index >= 15 is 0 Å². The van der Waals surface area contributed by atoms with Gasteiger partial charge in [-0.25, -0.2) is 4.79 Å². The Kier molecular flexibility index (Phi) is 5.08. The van der Waals surface area contributed by atoms with Crippen LogP contribution in [0.5, 0.6) is 0 Å². The summed E-state index contributed by atoms with van der Waals surface area (Å²) in [5.74, 6) is -1.39. The number of halogens is 2. The summed E-state index contributed by atoms with van der Waals surface area (Å²) < 4.78 is 5.20. The van der Waals surface area contributed by atoms with Crippen molar-refractivity contribution >= 4 is 35.1 Å². The van der Waals surface area contributed by atoms with E-state index in [-0.39, 0.29) is 12.5 Å². The van der Waals surface area contributed by atoms with Crippen molar-refractivity contribution in [2.24, 2.45) is 0 Å². The van der Waals surface area contributed by atoms with E-state index in [4.69, 9.17) is 27.9 Å². The van der Waals surface area contributed by atoms with Crippen molar-refractivity contribution in [1.29, 1.82) is 0 Å². The van der Waals surface area contributed by atoms with E-state index in [9.17, 15) is 14.7 Å². The van der Waals surface area contributed by atoms with Gasteiger partial charge in [0, 0.05) is 16.6 Å². The Labute approximate surface area is 132 Å². The Morgan fingerprint density at radius 1 is 1.48 bits per heavy atom. The zero-order valence-electron chi connectivity index (χ0n) is 11.4. The highest BCUT2D eigenvalue weighted by Gasteiger charge is 2.42. The molecule has 1 N–H and O–H groups in total. The number of benzene rings is 1. The second-order valence-electron chi connectivity index (χ2n) is 4.77. The van der Waals surface area contributed by atoms with Crippen molar-refractivity contribution in [3.05, 3.63) is 33.8 Å². The normalized spacial score (nSPS) is 22.4. The van der Waals surface area contributed by atoms with E-state index in [1.54, 1.807) is 18.2 Å². The lowest BCUT2D eigenvalue weighted by atomic mass is 9.97. The predicted octanol–water partition coefficient (Wildman–Crippen LogP) is 2.76. The molecule has 1 aliphatic rings. The number of rotatable bonds is 4. The van der Waals surface area contributed by atoms with Crippen LogP contribution in [0.1, 0.15) is 24.9 Å². The van der Waals surface area contributed by atoms with E-state index in [1.807, 2.05) is 6.92 Å². The summed E-state index contributed by atoms with van der Waals surface area (Å²) in [6, 6.07) is 3.99. The lowest BCUT2D eigenvalue weighted by Crippen LogP contribution is -2.52. The summed E-state index contributed by atoms with van der Waals surface area (Å²) in [5, 5.41) is 10.1. The summed E-state index contributed by atoms with van der Waals surface area (Å²) >= 11 is 12.1. The fourth-order valence-corrected chi connectivity index (χ4v) is 2.85. The molecule has 0 aromatic heterocycles. The molecular formula is C14H15Cl2NO4. The van der Waals surface area contributed by atoms with Gasteiger partial charge in [0.25, 0.3) is 0 Å². The van der Waals surface area contributed by atoms with Gasteiger partial charge >= 0.3 is 5.97 Å². The molecule has 2 atom stereocenters. The van der Waals surface area contributed by atoms with E-state index in [1.165, 1.54) is 4.90 Å². The lowest BCUT2D eigenvalue weighted by molar-refractivity contribution is -0.173. The maximum absolute atomic E-state index is 12.1. The molecule has 0 spiro atoms. The Balaban J connectivity index is 2.51. The monoisotopic (exact) mass is 331 g/mol. The molecule has 1 aliphatic heterocycles. The van der Waals surface area contributed by atoms with Crippen molar-refractivity contribution in [3.8, 4) is 0 Å². The molecule has 1 saturated heterocycles. The second-order valence-corrected chi connectivity index (χ2v) is 5.61. The molecule has 1 fully saturated rings. The van der Waals surface area contributed by atoms with Gasteiger partial charge in [0.1, 0.15) is 6.61 Å². The van der Waals surface area contributed by atoms with Crippen LogP contribution < -0.4 is 0 Å². The summed E-state index contributed by atoms with van der Waals surface area (Å²) in [7, 11) is 0. The van der Waals surface area contributed by atoms with Crippen molar-refractivity contribution in [1.82, 2.24) is 4.90 Å². The van der Waals surface area contributed by atoms with Gasteiger partial charge in [0.2, 0.25) is 5.91 Å². The van der Waals surface area contributed by atoms with Gasteiger partial charge in [0.15, 0.2) is 6.10 Å². The first-order valence-corrected chi connectivity index (χ1v) is 7.30. The molecule has 1 aromatic carbocycles. The standard InChI is InChI=1S/C14H15Cl2NO4/c1-2-5-17-11(18)7-21-13(14(19)20)12(17)9-6-8(15)3-4-10(9)16/h3-4,6,12-13H,2,5,7H2,1H3,(H,19,20). The maximum atomic E-state index is 12.1. The largest absolute Gasteiger partial charge is 0.479 e. The van der Waals surface area contributed by atoms with Crippen LogP contribution in [-0.2, 0) is 14.3 Å². The third-order valence-electron chi connectivity index (χ3n) is 3.31. The zero-order chi connectivity index (χ0) is 15.6. The first kappa shape index (κ1) is 16.1. The van der Waals surface area contributed by atoms with Crippen molar-refractivity contribution in [2.75, 3.05) is 13.2 Å². The molecule has 0 radical (unpaired) electrons. The molecule has 0 saturated carbocycles. The lowest BCUT2D eigenvalue weighted by Gasteiger charge is -2.39. The average Bonchev–Trinajstić information content (AvgIpc) is 2.43. The maximum Gasteiger partial charge on any atom is 0.335 e. The minimum absolute atomic E-state index is 0.244. The number of carbonyl (C=O) groups is 2. The molecule has 21 heavy (non-hydrogen) atoms. The average molecular weight is 332 g/mol. The van der Waals surface area contributed by atoms with Crippen LogP contribution in [-0.4, -0.2) is 41.1 Å². The summed E-state index contributed by atoms with van der Waals surface area (Å²) in [6.45, 7) is 2.10. The van der Waals surface area contributed by atoms with E-state index in [0.29, 0.717) is 28.6 Å². The molecule has 2 unspecified atom stereocenters. The van der Waals surface area contributed by atoms with Gasteiger partial charge in [0.05, 0.1) is 6.04 Å². The molecule has 114 valence electrons. The van der Waals surface area contributed by atoms with Crippen LogP contribution >= 0.6 is 23.2 Å². The van der Waals surface area contributed by atoms with Crippen molar-refractivity contribution in [3.63, 3.8) is 0 Å². The minimum atomic E-state index is -1.16. The number of hydrogen-bond acceptors (Lipinski definition) is 3. The van der Waals surface area contributed by atoms with Gasteiger partial charge in [-0.15, -0.1) is 0 Å². The SMILES string of the molecule is CCCN1C(=O)COC(C(=O)O)C1c1cc(Cl)ccc1Cl. The Hall–Kier alpha value is -1.30. The van der Waals surface area contributed by atoms with Crippen LogP contribution in [0.4, 0.5) is 0 Å². The minimum Gasteiger partial charge on any atom is -0.479 e. The first-order valence-electron chi connectivity index (χ1n) is 6.54. The highest BCUT2D eigenvalue weighted by atomic mass is 35.5. The second kappa shape index (κ2) is 6.64. The van der Waals surface area contributed by atoms with Gasteiger partial charge in [-0.2, -0.15) is 0 Å². The van der Waals surface area contributed by atoms with Gasteiger partial charge < -0.3 is 14.7 Å². The number of carboxylic acids is 1. The topological polar surface area (TPSA) is 66.8 Å². The number of aliphatic carboxylic acids is 1. The van der Waals surface area contributed by atoms with Crippen LogP contribution in [0.3, 0.4) is 0 Å². The van der Waals surface area contributed by atoms with Crippen LogP contribution in [0, 0.1) is 0 Å². The van der Waals surface area contributed by atoms with Crippen LogP contribution in [0.25, 0.3) is 0 Å². The Morgan fingerprint density at radius 3 is 2.81 bits per heavy atom.